The molecule has 0 unspecified atom stereocenters. The molecule has 0 aliphatic rings. The summed E-state index contributed by atoms with van der Waals surface area (Å²) >= 11 is 0. The monoisotopic (exact) mass is 264 g/mol. The van der Waals surface area contributed by atoms with Crippen LogP contribution in [-0.2, 0) is 11.3 Å². The van der Waals surface area contributed by atoms with Gasteiger partial charge in [-0.1, -0.05) is 19.1 Å². The molecule has 1 amide bonds. The molecule has 0 atom stereocenters. The first-order valence-electron chi connectivity index (χ1n) is 6.72. The Morgan fingerprint density at radius 3 is 2.42 bits per heavy atom. The molecule has 0 radical (unpaired) electrons. The van der Waals surface area contributed by atoms with E-state index in [1.54, 1.807) is 0 Å². The highest BCUT2D eigenvalue weighted by atomic mass is 16.5. The molecule has 0 aliphatic heterocycles. The van der Waals surface area contributed by atoms with Gasteiger partial charge in [0.25, 0.3) is 5.91 Å². The van der Waals surface area contributed by atoms with E-state index in [-0.39, 0.29) is 12.5 Å². The Morgan fingerprint density at radius 2 is 1.89 bits per heavy atom. The third-order valence-corrected chi connectivity index (χ3v) is 2.82. The van der Waals surface area contributed by atoms with Crippen LogP contribution in [0.15, 0.2) is 12.1 Å². The minimum atomic E-state index is -0.0695. The third kappa shape index (κ3) is 4.91. The van der Waals surface area contributed by atoms with Gasteiger partial charge in [0, 0.05) is 13.1 Å². The first-order valence-corrected chi connectivity index (χ1v) is 6.72. The van der Waals surface area contributed by atoms with Gasteiger partial charge in [-0.05, 0) is 44.0 Å². The number of hydrogen-bond donors (Lipinski definition) is 2. The van der Waals surface area contributed by atoms with E-state index < -0.39 is 0 Å². The largest absolute Gasteiger partial charge is 0.483 e. The molecule has 1 aromatic carbocycles. The zero-order chi connectivity index (χ0) is 14.3. The Kier molecular flexibility index (Phi) is 6.36. The lowest BCUT2D eigenvalue weighted by molar-refractivity contribution is -0.123. The molecule has 0 aromatic heterocycles. The molecule has 106 valence electrons. The van der Waals surface area contributed by atoms with Gasteiger partial charge >= 0.3 is 0 Å². The molecular formula is C15H24N2O2. The number of amides is 1. The number of carbonyl (C=O) groups is 1. The van der Waals surface area contributed by atoms with E-state index in [0.717, 1.165) is 29.8 Å². The highest BCUT2D eigenvalue weighted by Crippen LogP contribution is 2.24. The molecule has 0 heterocycles. The molecule has 4 heteroatoms. The molecule has 4 nitrogen and oxygen atoms in total. The maximum absolute atomic E-state index is 11.5. The minimum Gasteiger partial charge on any atom is -0.483 e. The Bertz CT molecular complexity index is 407. The van der Waals surface area contributed by atoms with Gasteiger partial charge in [0.15, 0.2) is 6.61 Å². The van der Waals surface area contributed by atoms with Crippen molar-refractivity contribution in [2.24, 2.45) is 0 Å². The molecule has 0 saturated heterocycles. The fourth-order valence-corrected chi connectivity index (χ4v) is 2.03. The number of benzene rings is 1. The van der Waals surface area contributed by atoms with Crippen molar-refractivity contribution in [2.45, 2.75) is 33.7 Å². The summed E-state index contributed by atoms with van der Waals surface area (Å²) in [6.45, 7) is 7.64. The van der Waals surface area contributed by atoms with E-state index in [1.165, 1.54) is 5.56 Å². The van der Waals surface area contributed by atoms with Crippen LogP contribution >= 0.6 is 0 Å². The number of ether oxygens (including phenoxy) is 1. The maximum atomic E-state index is 11.5. The Hall–Kier alpha value is -1.55. The molecule has 19 heavy (non-hydrogen) atoms. The number of aryl methyl sites for hydroxylation is 2. The number of rotatable bonds is 7. The molecule has 0 aliphatic carbocycles. The first-order chi connectivity index (χ1) is 9.08. The van der Waals surface area contributed by atoms with Crippen LogP contribution in [0, 0.1) is 13.8 Å². The second-order valence-corrected chi connectivity index (χ2v) is 4.73. The number of carbonyl (C=O) groups excluding carboxylic acids is 1. The summed E-state index contributed by atoms with van der Waals surface area (Å²) in [6.07, 6.45) is 0.933. The van der Waals surface area contributed by atoms with Gasteiger partial charge in [0.05, 0.1) is 0 Å². The van der Waals surface area contributed by atoms with E-state index in [4.69, 9.17) is 4.74 Å². The highest BCUT2D eigenvalue weighted by Gasteiger charge is 2.08. The van der Waals surface area contributed by atoms with Crippen molar-refractivity contribution >= 4 is 5.91 Å². The normalized spacial score (nSPS) is 10.3. The fourth-order valence-electron chi connectivity index (χ4n) is 2.03. The second kappa shape index (κ2) is 7.79. The number of hydrogen-bond acceptors (Lipinski definition) is 3. The minimum absolute atomic E-state index is 0.0695. The van der Waals surface area contributed by atoms with Crippen LogP contribution in [-0.4, -0.2) is 26.1 Å². The highest BCUT2D eigenvalue weighted by molar-refractivity contribution is 5.77. The molecule has 1 rings (SSSR count). The van der Waals surface area contributed by atoms with Gasteiger partial charge in [-0.15, -0.1) is 0 Å². The lowest BCUT2D eigenvalue weighted by Gasteiger charge is -2.14. The molecule has 0 fully saturated rings. The van der Waals surface area contributed by atoms with Crippen LogP contribution in [0.1, 0.15) is 30.0 Å². The zero-order valence-electron chi connectivity index (χ0n) is 12.3. The Labute approximate surface area is 115 Å². The average molecular weight is 264 g/mol. The maximum Gasteiger partial charge on any atom is 0.257 e. The third-order valence-electron chi connectivity index (χ3n) is 2.82. The lowest BCUT2D eigenvalue weighted by atomic mass is 10.1. The van der Waals surface area contributed by atoms with E-state index in [1.807, 2.05) is 27.8 Å². The van der Waals surface area contributed by atoms with Crippen LogP contribution in [0.4, 0.5) is 0 Å². The topological polar surface area (TPSA) is 50.4 Å². The van der Waals surface area contributed by atoms with Gasteiger partial charge in [0.2, 0.25) is 0 Å². The smallest absolute Gasteiger partial charge is 0.257 e. The molecule has 2 N–H and O–H groups in total. The molecular weight excluding hydrogens is 240 g/mol. The van der Waals surface area contributed by atoms with Crippen LogP contribution in [0.5, 0.6) is 5.75 Å². The second-order valence-electron chi connectivity index (χ2n) is 4.73. The van der Waals surface area contributed by atoms with Crippen molar-refractivity contribution in [1.82, 2.24) is 10.6 Å². The van der Waals surface area contributed by atoms with Crippen molar-refractivity contribution < 1.29 is 9.53 Å². The summed E-state index contributed by atoms with van der Waals surface area (Å²) in [6, 6.07) is 4.17. The zero-order valence-corrected chi connectivity index (χ0v) is 12.3. The van der Waals surface area contributed by atoms with E-state index in [9.17, 15) is 4.79 Å². The fraction of sp³-hybridized carbons (Fsp3) is 0.533. The SMILES string of the molecule is CCCNC(=O)COc1c(C)cc(CNC)cc1C. The average Bonchev–Trinajstić information content (AvgIpc) is 2.35. The van der Waals surface area contributed by atoms with E-state index >= 15 is 0 Å². The predicted molar refractivity (Wildman–Crippen MR) is 77.5 cm³/mol. The summed E-state index contributed by atoms with van der Waals surface area (Å²) in [5.74, 6) is 0.742. The van der Waals surface area contributed by atoms with E-state index in [2.05, 4.69) is 22.8 Å². The predicted octanol–water partition coefficient (Wildman–Crippen LogP) is 1.93. The van der Waals surface area contributed by atoms with Crippen LogP contribution in [0.3, 0.4) is 0 Å². The van der Waals surface area contributed by atoms with Crippen molar-refractivity contribution in [3.05, 3.63) is 28.8 Å². The van der Waals surface area contributed by atoms with Crippen LogP contribution in [0.25, 0.3) is 0 Å². The first kappa shape index (κ1) is 15.5. The lowest BCUT2D eigenvalue weighted by Crippen LogP contribution is -2.29. The van der Waals surface area contributed by atoms with Crippen LogP contribution in [0.2, 0.25) is 0 Å². The van der Waals surface area contributed by atoms with Crippen LogP contribution < -0.4 is 15.4 Å². The number of nitrogens with one attached hydrogen (secondary N) is 2. The Morgan fingerprint density at radius 1 is 1.26 bits per heavy atom. The van der Waals surface area contributed by atoms with E-state index in [0.29, 0.717) is 6.54 Å². The van der Waals surface area contributed by atoms with Crippen molar-refractivity contribution in [1.29, 1.82) is 0 Å². The Balaban J connectivity index is 2.65. The summed E-state index contributed by atoms with van der Waals surface area (Å²) in [5, 5.41) is 5.93. The van der Waals surface area contributed by atoms with Crippen molar-refractivity contribution in [3.63, 3.8) is 0 Å². The molecule has 0 bridgehead atoms. The van der Waals surface area contributed by atoms with Gasteiger partial charge in [-0.3, -0.25) is 4.79 Å². The molecule has 0 saturated carbocycles. The summed E-state index contributed by atoms with van der Waals surface area (Å²) < 4.78 is 5.63. The summed E-state index contributed by atoms with van der Waals surface area (Å²) in [7, 11) is 1.92. The summed E-state index contributed by atoms with van der Waals surface area (Å²) in [4.78, 5) is 11.5. The quantitative estimate of drug-likeness (QED) is 0.791. The molecule has 1 aromatic rings. The van der Waals surface area contributed by atoms with Gasteiger partial charge < -0.3 is 15.4 Å². The van der Waals surface area contributed by atoms with Crippen molar-refractivity contribution in [3.8, 4) is 5.75 Å². The standard InChI is InChI=1S/C15H24N2O2/c1-5-6-17-14(18)10-19-15-11(2)7-13(9-16-4)8-12(15)3/h7-8,16H,5-6,9-10H2,1-4H3,(H,17,18). The van der Waals surface area contributed by atoms with Gasteiger partial charge in [0.1, 0.15) is 5.75 Å². The van der Waals surface area contributed by atoms with Crippen molar-refractivity contribution in [2.75, 3.05) is 20.2 Å². The van der Waals surface area contributed by atoms with Gasteiger partial charge in [-0.25, -0.2) is 0 Å². The summed E-state index contributed by atoms with van der Waals surface area (Å²) in [5.41, 5.74) is 3.35. The van der Waals surface area contributed by atoms with Gasteiger partial charge in [-0.2, -0.15) is 0 Å². The molecule has 0 spiro atoms.